The van der Waals surface area contributed by atoms with Crippen LogP contribution in [0.3, 0.4) is 0 Å². The summed E-state index contributed by atoms with van der Waals surface area (Å²) in [5, 5.41) is 14.8. The number of anilines is 2. The lowest BCUT2D eigenvalue weighted by atomic mass is 10.2. The number of hydrogen-bond acceptors (Lipinski definition) is 7. The van der Waals surface area contributed by atoms with E-state index in [1.54, 1.807) is 30.3 Å². The molecule has 3 N–H and O–H groups in total. The van der Waals surface area contributed by atoms with Crippen LogP contribution in [-0.4, -0.2) is 65.8 Å². The first-order valence-electron chi connectivity index (χ1n) is 10.0. The van der Waals surface area contributed by atoms with Gasteiger partial charge in [-0.2, -0.15) is 0 Å². The molecule has 9 nitrogen and oxygen atoms in total. The monoisotopic (exact) mass is 421 g/mol. The predicted molar refractivity (Wildman–Crippen MR) is 116 cm³/mol. The summed E-state index contributed by atoms with van der Waals surface area (Å²) in [5.74, 6) is -1.11. The Morgan fingerprint density at radius 1 is 1.06 bits per heavy atom. The van der Waals surface area contributed by atoms with E-state index in [4.69, 9.17) is 4.74 Å². The van der Waals surface area contributed by atoms with Crippen LogP contribution in [-0.2, 0) is 9.53 Å². The highest BCUT2D eigenvalue weighted by atomic mass is 16.5. The number of carbonyl (C=O) groups is 2. The molecule has 1 aliphatic heterocycles. The number of ether oxygens (including phenoxy) is 1. The van der Waals surface area contributed by atoms with Crippen LogP contribution in [0.15, 0.2) is 54.7 Å². The molecule has 9 heteroatoms. The molecule has 3 aromatic rings. The molecule has 0 saturated carbocycles. The third-order valence-corrected chi connectivity index (χ3v) is 5.00. The number of nitrogens with one attached hydrogen (secondary N) is 2. The van der Waals surface area contributed by atoms with Gasteiger partial charge in [-0.15, -0.1) is 0 Å². The number of aromatic nitrogens is 2. The summed E-state index contributed by atoms with van der Waals surface area (Å²) >= 11 is 0. The molecule has 1 fully saturated rings. The summed E-state index contributed by atoms with van der Waals surface area (Å²) in [4.78, 5) is 35.7. The van der Waals surface area contributed by atoms with Crippen LogP contribution < -0.4 is 15.5 Å². The molecule has 160 valence electrons. The van der Waals surface area contributed by atoms with Gasteiger partial charge >= 0.3 is 0 Å². The summed E-state index contributed by atoms with van der Waals surface area (Å²) in [6.07, 6.45) is 1.34. The average molecular weight is 421 g/mol. The Hall–Kier alpha value is -3.56. The first kappa shape index (κ1) is 20.7. The molecule has 1 saturated heterocycles. The van der Waals surface area contributed by atoms with Crippen molar-refractivity contribution in [3.8, 4) is 0 Å². The number of benzene rings is 2. The molecule has 1 aromatic heterocycles. The fourth-order valence-electron chi connectivity index (χ4n) is 3.30. The van der Waals surface area contributed by atoms with Crippen LogP contribution in [0.4, 0.5) is 11.4 Å². The maximum atomic E-state index is 12.6. The van der Waals surface area contributed by atoms with E-state index < -0.39 is 24.5 Å². The van der Waals surface area contributed by atoms with Gasteiger partial charge in [0.1, 0.15) is 11.7 Å². The predicted octanol–water partition coefficient (Wildman–Crippen LogP) is 1.20. The van der Waals surface area contributed by atoms with Crippen molar-refractivity contribution in [3.05, 3.63) is 60.4 Å². The zero-order chi connectivity index (χ0) is 21.6. The SMILES string of the molecule is O=C(N[C@@H](CO)C(=O)Nc1ccc(N2CCOCC2)cc1)c1cnc2ccccc2n1. The Morgan fingerprint density at radius 3 is 2.48 bits per heavy atom. The number of morpholine rings is 1. The van der Waals surface area contributed by atoms with Crippen molar-refractivity contribution < 1.29 is 19.4 Å². The first-order chi connectivity index (χ1) is 15.1. The van der Waals surface area contributed by atoms with E-state index in [0.717, 1.165) is 18.8 Å². The third-order valence-electron chi connectivity index (χ3n) is 5.00. The molecule has 4 rings (SSSR count). The second-order valence-corrected chi connectivity index (χ2v) is 7.09. The average Bonchev–Trinajstić information content (AvgIpc) is 2.83. The minimum atomic E-state index is -1.13. The molecule has 0 bridgehead atoms. The van der Waals surface area contributed by atoms with Crippen LogP contribution in [0, 0.1) is 0 Å². The number of amides is 2. The standard InChI is InChI=1S/C22H23N5O4/c28-14-20(26-21(29)19-13-23-17-3-1-2-4-18(17)25-19)22(30)24-15-5-7-16(8-6-15)27-9-11-31-12-10-27/h1-8,13,20,28H,9-12,14H2,(H,24,30)(H,26,29)/t20-/m0/s1. The van der Waals surface area contributed by atoms with Crippen molar-refractivity contribution in [3.63, 3.8) is 0 Å². The van der Waals surface area contributed by atoms with Crippen LogP contribution in [0.25, 0.3) is 11.0 Å². The van der Waals surface area contributed by atoms with E-state index in [0.29, 0.717) is 29.9 Å². The van der Waals surface area contributed by atoms with Crippen LogP contribution >= 0.6 is 0 Å². The summed E-state index contributed by atoms with van der Waals surface area (Å²) in [6.45, 7) is 2.48. The van der Waals surface area contributed by atoms with E-state index >= 15 is 0 Å². The van der Waals surface area contributed by atoms with Crippen LogP contribution in [0.1, 0.15) is 10.5 Å². The van der Waals surface area contributed by atoms with Gasteiger partial charge < -0.3 is 25.4 Å². The van der Waals surface area contributed by atoms with Gasteiger partial charge in [0.05, 0.1) is 37.1 Å². The molecule has 31 heavy (non-hydrogen) atoms. The Morgan fingerprint density at radius 2 is 1.77 bits per heavy atom. The van der Waals surface area contributed by atoms with Gasteiger partial charge in [-0.3, -0.25) is 14.6 Å². The fraction of sp³-hybridized carbons (Fsp3) is 0.273. The topological polar surface area (TPSA) is 117 Å². The quantitative estimate of drug-likeness (QED) is 0.547. The van der Waals surface area contributed by atoms with E-state index in [1.165, 1.54) is 6.20 Å². The molecule has 1 atom stereocenters. The van der Waals surface area contributed by atoms with Crippen molar-refractivity contribution in [2.75, 3.05) is 43.1 Å². The molecule has 0 radical (unpaired) electrons. The summed E-state index contributed by atoms with van der Waals surface area (Å²) in [6, 6.07) is 13.4. The lowest BCUT2D eigenvalue weighted by molar-refractivity contribution is -0.118. The normalized spacial score (nSPS) is 14.8. The Labute approximate surface area is 179 Å². The van der Waals surface area contributed by atoms with Crippen molar-refractivity contribution in [1.29, 1.82) is 0 Å². The van der Waals surface area contributed by atoms with Gasteiger partial charge in [0, 0.05) is 24.5 Å². The molecular formula is C22H23N5O4. The van der Waals surface area contributed by atoms with Gasteiger partial charge in [0.2, 0.25) is 5.91 Å². The smallest absolute Gasteiger partial charge is 0.272 e. The number of aliphatic hydroxyl groups excluding tert-OH is 1. The van der Waals surface area contributed by atoms with Gasteiger partial charge in [0.15, 0.2) is 0 Å². The van der Waals surface area contributed by atoms with Crippen molar-refractivity contribution >= 4 is 34.2 Å². The van der Waals surface area contributed by atoms with Crippen LogP contribution in [0.2, 0.25) is 0 Å². The fourth-order valence-corrected chi connectivity index (χ4v) is 3.30. The maximum Gasteiger partial charge on any atom is 0.272 e. The molecule has 2 amide bonds. The van der Waals surface area contributed by atoms with Gasteiger partial charge in [0.25, 0.3) is 5.91 Å². The molecule has 2 heterocycles. The zero-order valence-corrected chi connectivity index (χ0v) is 16.8. The highest BCUT2D eigenvalue weighted by molar-refractivity contribution is 6.01. The van der Waals surface area contributed by atoms with E-state index in [1.807, 2.05) is 18.2 Å². The van der Waals surface area contributed by atoms with E-state index in [9.17, 15) is 14.7 Å². The van der Waals surface area contributed by atoms with Crippen molar-refractivity contribution in [2.24, 2.45) is 0 Å². The number of hydrogen-bond donors (Lipinski definition) is 3. The maximum absolute atomic E-state index is 12.6. The summed E-state index contributed by atoms with van der Waals surface area (Å²) in [7, 11) is 0. The lowest BCUT2D eigenvalue weighted by Gasteiger charge is -2.29. The highest BCUT2D eigenvalue weighted by Gasteiger charge is 2.22. The zero-order valence-electron chi connectivity index (χ0n) is 16.8. The Kier molecular flexibility index (Phi) is 6.34. The largest absolute Gasteiger partial charge is 0.394 e. The molecule has 1 aliphatic rings. The molecule has 0 spiro atoms. The highest BCUT2D eigenvalue weighted by Crippen LogP contribution is 2.19. The Balaban J connectivity index is 1.38. The number of carbonyl (C=O) groups excluding carboxylic acids is 2. The third kappa shape index (κ3) is 4.96. The summed E-state index contributed by atoms with van der Waals surface area (Å²) in [5.41, 5.74) is 2.92. The van der Waals surface area contributed by atoms with Gasteiger partial charge in [-0.1, -0.05) is 12.1 Å². The van der Waals surface area contributed by atoms with Crippen molar-refractivity contribution in [1.82, 2.24) is 15.3 Å². The van der Waals surface area contributed by atoms with Crippen LogP contribution in [0.5, 0.6) is 0 Å². The molecular weight excluding hydrogens is 398 g/mol. The first-order valence-corrected chi connectivity index (χ1v) is 10.0. The van der Waals surface area contributed by atoms with Crippen molar-refractivity contribution in [2.45, 2.75) is 6.04 Å². The number of rotatable bonds is 6. The number of fused-ring (bicyclic) bond motifs is 1. The number of nitrogens with zero attached hydrogens (tertiary/aromatic N) is 3. The number of aliphatic hydroxyl groups is 1. The minimum absolute atomic E-state index is 0.0693. The second-order valence-electron chi connectivity index (χ2n) is 7.09. The van der Waals surface area contributed by atoms with Gasteiger partial charge in [-0.25, -0.2) is 4.98 Å². The summed E-state index contributed by atoms with van der Waals surface area (Å²) < 4.78 is 5.36. The molecule has 0 unspecified atom stereocenters. The van der Waals surface area contributed by atoms with Gasteiger partial charge in [-0.05, 0) is 36.4 Å². The molecule has 2 aromatic carbocycles. The van der Waals surface area contributed by atoms with E-state index in [2.05, 4.69) is 25.5 Å². The lowest BCUT2D eigenvalue weighted by Crippen LogP contribution is -2.46. The van der Waals surface area contributed by atoms with E-state index in [-0.39, 0.29) is 5.69 Å². The molecule has 0 aliphatic carbocycles. The Bertz CT molecular complexity index is 1070. The number of para-hydroxylation sites is 2. The minimum Gasteiger partial charge on any atom is -0.394 e. The second kappa shape index (κ2) is 9.50.